The van der Waals surface area contributed by atoms with Crippen LogP contribution in [0.1, 0.15) is 0 Å². The van der Waals surface area contributed by atoms with Crippen molar-refractivity contribution in [2.45, 2.75) is 0 Å². The van der Waals surface area contributed by atoms with Gasteiger partial charge in [0.2, 0.25) is 0 Å². The third-order valence-corrected chi connectivity index (χ3v) is 12.0. The van der Waals surface area contributed by atoms with Gasteiger partial charge in [-0.2, -0.15) is 0 Å². The molecule has 2 aliphatic heterocycles. The Morgan fingerprint density at radius 2 is 0.877 bits per heavy atom. The van der Waals surface area contributed by atoms with Gasteiger partial charge in [-0.05, 0) is 95.3 Å². The predicted molar refractivity (Wildman–Crippen MR) is 226 cm³/mol. The molecule has 3 aromatic carbocycles. The molecule has 0 aliphatic carbocycles. The summed E-state index contributed by atoms with van der Waals surface area (Å²) in [5, 5.41) is 2.05. The van der Waals surface area contributed by atoms with E-state index in [0.717, 1.165) is 94.5 Å². The highest BCUT2D eigenvalue weighted by molar-refractivity contribution is 7.00. The summed E-state index contributed by atoms with van der Waals surface area (Å²) in [7, 11) is 0. The van der Waals surface area contributed by atoms with Crippen LogP contribution < -0.4 is 16.4 Å². The lowest BCUT2D eigenvalue weighted by Gasteiger charge is -2.34. The van der Waals surface area contributed by atoms with Crippen LogP contribution in [-0.4, -0.2) is 54.9 Å². The second-order valence-electron chi connectivity index (χ2n) is 14.8. The van der Waals surface area contributed by atoms with Crippen LogP contribution in [0.4, 0.5) is 0 Å². The fourth-order valence-electron chi connectivity index (χ4n) is 10.0. The number of rotatable bonds is 3. The Labute approximate surface area is 323 Å². The predicted octanol–water partition coefficient (Wildman–Crippen LogP) is 6.95. The number of hydrogen-bond donors (Lipinski definition) is 0. The molecule has 0 saturated heterocycles. The standard InChI is InChI=1S/C46H25BN10/c1-3-10-27(11-4-1)54-31-14-7-18-48-38(31)35-40-42-29(16-22-50-40)47-30-17-23-51-41-36-39-32(15-8-19-49-39)55(28-12-5-2-6-13-28)46(36)57(43(30)41)34-25-26(44-52-20-9-21-53-44)24-33(37(34)47)56(42)45(35)54/h1-25H. The van der Waals surface area contributed by atoms with Gasteiger partial charge in [-0.3, -0.25) is 38.2 Å². The lowest BCUT2D eigenvalue weighted by atomic mass is 9.34. The number of fused-ring (bicyclic) bond motifs is 14. The van der Waals surface area contributed by atoms with Crippen LogP contribution >= 0.6 is 0 Å². The van der Waals surface area contributed by atoms with Crippen LogP contribution in [0.15, 0.2) is 152 Å². The summed E-state index contributed by atoms with van der Waals surface area (Å²) in [5.41, 5.74) is 18.6. The maximum Gasteiger partial charge on any atom is 0.252 e. The van der Waals surface area contributed by atoms with Gasteiger partial charge in [0.25, 0.3) is 6.71 Å². The minimum atomic E-state index is -0.108. The van der Waals surface area contributed by atoms with E-state index >= 15 is 0 Å². The average Bonchev–Trinajstić information content (AvgIpc) is 4.00. The van der Waals surface area contributed by atoms with Crippen LogP contribution in [0.5, 0.6) is 0 Å². The molecule has 0 amide bonds. The Morgan fingerprint density at radius 1 is 0.404 bits per heavy atom. The van der Waals surface area contributed by atoms with E-state index in [1.54, 1.807) is 0 Å². The zero-order chi connectivity index (χ0) is 36.9. The van der Waals surface area contributed by atoms with Crippen LogP contribution in [-0.2, 0) is 0 Å². The van der Waals surface area contributed by atoms with Gasteiger partial charge in [-0.15, -0.1) is 0 Å². The Hall–Kier alpha value is -7.92. The Kier molecular flexibility index (Phi) is 5.39. The minimum Gasteiger partial charge on any atom is -0.294 e. The highest BCUT2D eigenvalue weighted by Gasteiger charge is 2.43. The lowest BCUT2D eigenvalue weighted by molar-refractivity contribution is 1.05. The number of para-hydroxylation sites is 2. The first-order valence-electron chi connectivity index (χ1n) is 19.0. The van der Waals surface area contributed by atoms with E-state index < -0.39 is 0 Å². The summed E-state index contributed by atoms with van der Waals surface area (Å²) < 4.78 is 9.55. The molecule has 9 aromatic heterocycles. The molecule has 262 valence electrons. The van der Waals surface area contributed by atoms with Crippen LogP contribution in [0.3, 0.4) is 0 Å². The molecule has 0 unspecified atom stereocenters. The number of nitrogens with zero attached hydrogens (tertiary/aromatic N) is 10. The summed E-state index contributed by atoms with van der Waals surface area (Å²) in [6, 6.07) is 40.3. The molecule has 11 heterocycles. The third kappa shape index (κ3) is 3.53. The van der Waals surface area contributed by atoms with Gasteiger partial charge in [-0.25, -0.2) is 9.97 Å². The SMILES string of the molecule is c1ccc(-n2c3cccnc3c3c4nccc5c4n(c32)-c2cc(-c3ncccn3)cc3c2B5c2ccnc4c5c6ncccc6n(-c6ccccc6)c5n-3c24)cc1. The van der Waals surface area contributed by atoms with Crippen molar-refractivity contribution in [1.29, 1.82) is 0 Å². The molecule has 0 bridgehead atoms. The van der Waals surface area contributed by atoms with Crippen molar-refractivity contribution in [3.05, 3.63) is 152 Å². The Morgan fingerprint density at radius 3 is 1.39 bits per heavy atom. The van der Waals surface area contributed by atoms with Gasteiger partial charge < -0.3 is 0 Å². The van der Waals surface area contributed by atoms with Crippen molar-refractivity contribution >= 4 is 89.3 Å². The normalized spacial score (nSPS) is 12.9. The van der Waals surface area contributed by atoms with Gasteiger partial charge in [0, 0.05) is 65.5 Å². The molecule has 2 aliphatic rings. The molecule has 10 nitrogen and oxygen atoms in total. The summed E-state index contributed by atoms with van der Waals surface area (Å²) in [4.78, 5) is 30.0. The highest BCUT2D eigenvalue weighted by atomic mass is 15.2. The topological polar surface area (TPSA) is 97.1 Å². The second kappa shape index (κ2) is 10.4. The summed E-state index contributed by atoms with van der Waals surface area (Å²) >= 11 is 0. The molecule has 57 heavy (non-hydrogen) atoms. The molecule has 12 aromatic rings. The van der Waals surface area contributed by atoms with Crippen LogP contribution in [0, 0.1) is 0 Å². The number of hydrogen-bond acceptors (Lipinski definition) is 6. The summed E-state index contributed by atoms with van der Waals surface area (Å²) in [6.45, 7) is -0.108. The first kappa shape index (κ1) is 29.4. The molecular weight excluding hydrogens is 703 g/mol. The summed E-state index contributed by atoms with van der Waals surface area (Å²) in [5.74, 6) is 0.650. The van der Waals surface area contributed by atoms with E-state index in [-0.39, 0.29) is 6.71 Å². The smallest absolute Gasteiger partial charge is 0.252 e. The minimum absolute atomic E-state index is 0.108. The van der Waals surface area contributed by atoms with Crippen molar-refractivity contribution < 1.29 is 0 Å². The van der Waals surface area contributed by atoms with E-state index in [2.05, 4.69) is 115 Å². The van der Waals surface area contributed by atoms with Gasteiger partial charge in [0.1, 0.15) is 22.3 Å². The van der Waals surface area contributed by atoms with Crippen LogP contribution in [0.2, 0.25) is 0 Å². The molecular formula is C46H25BN10. The first-order chi connectivity index (χ1) is 28.3. The van der Waals surface area contributed by atoms with E-state index in [4.69, 9.17) is 29.9 Å². The van der Waals surface area contributed by atoms with Crippen molar-refractivity contribution in [1.82, 2.24) is 48.2 Å². The average molecular weight is 729 g/mol. The number of benzene rings is 3. The van der Waals surface area contributed by atoms with E-state index in [1.807, 2.05) is 55.4 Å². The van der Waals surface area contributed by atoms with Gasteiger partial charge >= 0.3 is 0 Å². The van der Waals surface area contributed by atoms with Crippen molar-refractivity contribution in [3.63, 3.8) is 0 Å². The largest absolute Gasteiger partial charge is 0.294 e. The number of aromatic nitrogens is 10. The molecule has 11 heteroatoms. The van der Waals surface area contributed by atoms with Crippen molar-refractivity contribution in [2.24, 2.45) is 0 Å². The van der Waals surface area contributed by atoms with Crippen LogP contribution in [0.25, 0.3) is 100 Å². The maximum atomic E-state index is 5.16. The fraction of sp³-hybridized carbons (Fsp3) is 0. The Balaban J connectivity index is 1.24. The zero-order valence-electron chi connectivity index (χ0n) is 30.0. The summed E-state index contributed by atoms with van der Waals surface area (Å²) in [6.07, 6.45) is 11.3. The fourth-order valence-corrected chi connectivity index (χ4v) is 10.0. The molecule has 0 radical (unpaired) electrons. The molecule has 0 fully saturated rings. The van der Waals surface area contributed by atoms with Gasteiger partial charge in [0.05, 0.1) is 43.9 Å². The molecule has 0 N–H and O–H groups in total. The van der Waals surface area contributed by atoms with E-state index in [9.17, 15) is 0 Å². The Bertz CT molecular complexity index is 3470. The molecule has 0 saturated carbocycles. The number of pyridine rings is 4. The molecule has 0 spiro atoms. The van der Waals surface area contributed by atoms with E-state index in [0.29, 0.717) is 5.82 Å². The first-order valence-corrected chi connectivity index (χ1v) is 19.0. The lowest BCUT2D eigenvalue weighted by Crippen LogP contribution is -2.59. The van der Waals surface area contributed by atoms with Gasteiger partial charge in [0.15, 0.2) is 5.82 Å². The molecule has 0 atom stereocenters. The molecule has 14 rings (SSSR count). The van der Waals surface area contributed by atoms with Gasteiger partial charge in [-0.1, -0.05) is 36.4 Å². The second-order valence-corrected chi connectivity index (χ2v) is 14.8. The van der Waals surface area contributed by atoms with E-state index in [1.165, 1.54) is 16.4 Å². The third-order valence-electron chi connectivity index (χ3n) is 12.0. The zero-order valence-corrected chi connectivity index (χ0v) is 30.0. The van der Waals surface area contributed by atoms with Crippen molar-refractivity contribution in [3.8, 4) is 34.1 Å². The quantitative estimate of drug-likeness (QED) is 0.183. The monoisotopic (exact) mass is 728 g/mol. The highest BCUT2D eigenvalue weighted by Crippen LogP contribution is 2.44. The maximum absolute atomic E-state index is 5.16. The van der Waals surface area contributed by atoms with Crippen molar-refractivity contribution in [2.75, 3.05) is 0 Å².